The quantitative estimate of drug-likeness (QED) is 0.521. The topological polar surface area (TPSA) is 21.3 Å². The maximum Gasteiger partial charge on any atom is 0.261 e. The summed E-state index contributed by atoms with van der Waals surface area (Å²) >= 11 is 2.27. The third-order valence-corrected chi connectivity index (χ3v) is 3.46. The van der Waals surface area contributed by atoms with Crippen LogP contribution in [0.2, 0.25) is 0 Å². The predicted molar refractivity (Wildman–Crippen MR) is 81.8 cm³/mol. The van der Waals surface area contributed by atoms with E-state index in [0.29, 0.717) is 6.61 Å². The lowest BCUT2D eigenvalue weighted by Crippen LogP contribution is -2.32. The zero-order valence-electron chi connectivity index (χ0n) is 11.0. The van der Waals surface area contributed by atoms with Gasteiger partial charge in [-0.15, -0.1) is 0 Å². The van der Waals surface area contributed by atoms with Crippen LogP contribution in [-0.2, 0) is 11.2 Å². The van der Waals surface area contributed by atoms with Crippen molar-refractivity contribution in [2.45, 2.75) is 32.2 Å². The van der Waals surface area contributed by atoms with Gasteiger partial charge in [-0.2, -0.15) is 0 Å². The molecule has 0 aliphatic carbocycles. The summed E-state index contributed by atoms with van der Waals surface area (Å²) in [6.45, 7) is 2.81. The first kappa shape index (κ1) is 16.8. The number of alkyl halides is 2. The minimum atomic E-state index is -2.38. The number of hydrogen-bond donors (Lipinski definition) is 1. The molecule has 0 aliphatic rings. The summed E-state index contributed by atoms with van der Waals surface area (Å²) in [5, 5.41) is 3.36. The smallest absolute Gasteiger partial charge is 0.261 e. The van der Waals surface area contributed by atoms with Crippen LogP contribution in [-0.4, -0.2) is 32.2 Å². The Morgan fingerprint density at radius 1 is 1.26 bits per heavy atom. The first-order chi connectivity index (χ1) is 9.11. The van der Waals surface area contributed by atoms with E-state index in [-0.39, 0.29) is 6.04 Å². The molecule has 1 N–H and O–H groups in total. The molecule has 1 unspecified atom stereocenters. The van der Waals surface area contributed by atoms with E-state index in [1.807, 2.05) is 6.92 Å². The average Bonchev–Trinajstić information content (AvgIpc) is 2.37. The van der Waals surface area contributed by atoms with Gasteiger partial charge in [-0.25, -0.2) is 8.78 Å². The van der Waals surface area contributed by atoms with Crippen molar-refractivity contribution >= 4 is 22.6 Å². The van der Waals surface area contributed by atoms with Crippen LogP contribution in [0.3, 0.4) is 0 Å². The Morgan fingerprint density at radius 2 is 1.95 bits per heavy atom. The molecule has 0 saturated carbocycles. The summed E-state index contributed by atoms with van der Waals surface area (Å²) < 4.78 is 30.0. The summed E-state index contributed by atoms with van der Waals surface area (Å²) in [5.41, 5.74) is 1.25. The molecule has 0 aromatic heterocycles. The zero-order chi connectivity index (χ0) is 14.1. The fourth-order valence-corrected chi connectivity index (χ4v) is 2.23. The van der Waals surface area contributed by atoms with E-state index in [1.54, 1.807) is 0 Å². The highest BCUT2D eigenvalue weighted by Crippen LogP contribution is 2.10. The molecule has 2 nitrogen and oxygen atoms in total. The second kappa shape index (κ2) is 9.61. The van der Waals surface area contributed by atoms with Gasteiger partial charge in [0.15, 0.2) is 0 Å². The number of ether oxygens (including phenoxy) is 1. The van der Waals surface area contributed by atoms with Gasteiger partial charge < -0.3 is 10.1 Å². The van der Waals surface area contributed by atoms with Crippen molar-refractivity contribution in [3.05, 3.63) is 33.4 Å². The average molecular weight is 383 g/mol. The van der Waals surface area contributed by atoms with Crippen LogP contribution >= 0.6 is 22.6 Å². The molecule has 0 amide bonds. The van der Waals surface area contributed by atoms with Crippen molar-refractivity contribution in [3.63, 3.8) is 0 Å². The van der Waals surface area contributed by atoms with E-state index in [9.17, 15) is 8.78 Å². The fourth-order valence-electron chi connectivity index (χ4n) is 1.87. The van der Waals surface area contributed by atoms with Crippen molar-refractivity contribution in [1.82, 2.24) is 5.32 Å². The van der Waals surface area contributed by atoms with E-state index in [0.717, 1.165) is 19.4 Å². The molecule has 1 atom stereocenters. The van der Waals surface area contributed by atoms with E-state index < -0.39 is 13.0 Å². The second-order valence-corrected chi connectivity index (χ2v) is 5.59. The maximum absolute atomic E-state index is 12.0. The van der Waals surface area contributed by atoms with Crippen LogP contribution in [0.15, 0.2) is 24.3 Å². The molecule has 0 spiro atoms. The first-order valence-electron chi connectivity index (χ1n) is 6.45. The van der Waals surface area contributed by atoms with Crippen LogP contribution in [0.4, 0.5) is 8.78 Å². The molecule has 0 fully saturated rings. The van der Waals surface area contributed by atoms with Crippen LogP contribution in [0.5, 0.6) is 0 Å². The lowest BCUT2D eigenvalue weighted by atomic mass is 10.0. The third-order valence-electron chi connectivity index (χ3n) is 2.74. The minimum Gasteiger partial charge on any atom is -0.375 e. The Bertz CT molecular complexity index is 346. The van der Waals surface area contributed by atoms with E-state index in [2.05, 4.69) is 52.2 Å². The predicted octanol–water partition coefficient (Wildman–Crippen LogP) is 3.48. The summed E-state index contributed by atoms with van der Waals surface area (Å²) in [5.74, 6) is 0. The number of hydrogen-bond acceptors (Lipinski definition) is 2. The van der Waals surface area contributed by atoms with Gasteiger partial charge in [-0.3, -0.25) is 0 Å². The van der Waals surface area contributed by atoms with Gasteiger partial charge in [-0.1, -0.05) is 19.1 Å². The Labute approximate surface area is 127 Å². The molecule has 1 aromatic carbocycles. The molecule has 0 aliphatic heterocycles. The van der Waals surface area contributed by atoms with Gasteiger partial charge in [0.05, 0.1) is 0 Å². The Morgan fingerprint density at radius 3 is 2.53 bits per heavy atom. The van der Waals surface area contributed by atoms with Crippen molar-refractivity contribution in [3.8, 4) is 0 Å². The maximum atomic E-state index is 12.0. The van der Waals surface area contributed by atoms with Crippen LogP contribution in [0.1, 0.15) is 18.9 Å². The summed E-state index contributed by atoms with van der Waals surface area (Å²) in [4.78, 5) is 0. The number of halogens is 3. The SMILES string of the molecule is CCNC(CCOCC(F)F)Cc1ccc(I)cc1. The largest absolute Gasteiger partial charge is 0.375 e. The number of rotatable bonds is 9. The summed E-state index contributed by atoms with van der Waals surface area (Å²) in [6.07, 6.45) is -0.746. The number of likely N-dealkylation sites (N-methyl/N-ethyl adjacent to an activating group) is 1. The molecule has 0 radical (unpaired) electrons. The summed E-state index contributed by atoms with van der Waals surface area (Å²) in [7, 11) is 0. The zero-order valence-corrected chi connectivity index (χ0v) is 13.2. The number of nitrogens with one attached hydrogen (secondary N) is 1. The minimum absolute atomic E-state index is 0.266. The highest BCUT2D eigenvalue weighted by molar-refractivity contribution is 14.1. The Kier molecular flexibility index (Phi) is 8.48. The van der Waals surface area contributed by atoms with Gasteiger partial charge in [0.1, 0.15) is 6.61 Å². The third kappa shape index (κ3) is 7.79. The van der Waals surface area contributed by atoms with Gasteiger partial charge in [0, 0.05) is 16.2 Å². The highest BCUT2D eigenvalue weighted by atomic mass is 127. The standard InChI is InChI=1S/C14H20F2INO/c1-2-18-13(7-8-19-10-14(15)16)9-11-3-5-12(17)6-4-11/h3-6,13-14,18H,2,7-10H2,1H3. The van der Waals surface area contributed by atoms with Crippen molar-refractivity contribution in [2.24, 2.45) is 0 Å². The summed E-state index contributed by atoms with van der Waals surface area (Å²) in [6, 6.07) is 8.62. The van der Waals surface area contributed by atoms with Crippen LogP contribution in [0.25, 0.3) is 0 Å². The molecule has 19 heavy (non-hydrogen) atoms. The van der Waals surface area contributed by atoms with Gasteiger partial charge >= 0.3 is 0 Å². The Hall–Kier alpha value is -0.270. The monoisotopic (exact) mass is 383 g/mol. The first-order valence-corrected chi connectivity index (χ1v) is 7.53. The molecular formula is C14H20F2INO. The molecule has 5 heteroatoms. The van der Waals surface area contributed by atoms with Crippen molar-refractivity contribution < 1.29 is 13.5 Å². The highest BCUT2D eigenvalue weighted by Gasteiger charge is 2.09. The molecule has 1 rings (SSSR count). The van der Waals surface area contributed by atoms with E-state index in [4.69, 9.17) is 4.74 Å². The van der Waals surface area contributed by atoms with Crippen LogP contribution < -0.4 is 5.32 Å². The van der Waals surface area contributed by atoms with E-state index in [1.165, 1.54) is 9.13 Å². The molecule has 1 aromatic rings. The second-order valence-electron chi connectivity index (χ2n) is 4.34. The Balaban J connectivity index is 2.37. The molecule has 0 bridgehead atoms. The molecule has 108 valence electrons. The fraction of sp³-hybridized carbons (Fsp3) is 0.571. The number of benzene rings is 1. The van der Waals surface area contributed by atoms with Crippen LogP contribution in [0, 0.1) is 3.57 Å². The van der Waals surface area contributed by atoms with Gasteiger partial charge in [0.2, 0.25) is 0 Å². The lowest BCUT2D eigenvalue weighted by Gasteiger charge is -2.18. The lowest BCUT2D eigenvalue weighted by molar-refractivity contribution is 0.0144. The molecule has 0 heterocycles. The van der Waals surface area contributed by atoms with Gasteiger partial charge in [0.25, 0.3) is 6.43 Å². The van der Waals surface area contributed by atoms with E-state index >= 15 is 0 Å². The van der Waals surface area contributed by atoms with Crippen molar-refractivity contribution in [2.75, 3.05) is 19.8 Å². The molecule has 0 saturated heterocycles. The molecular weight excluding hydrogens is 363 g/mol. The van der Waals surface area contributed by atoms with Crippen molar-refractivity contribution in [1.29, 1.82) is 0 Å². The van der Waals surface area contributed by atoms with Gasteiger partial charge in [-0.05, 0) is 59.7 Å². The normalized spacial score (nSPS) is 12.9.